The van der Waals surface area contributed by atoms with Crippen molar-refractivity contribution in [1.82, 2.24) is 29.8 Å². The average molecular weight is 430 g/mol. The lowest BCUT2D eigenvalue weighted by molar-refractivity contribution is 0.589. The highest BCUT2D eigenvalue weighted by Crippen LogP contribution is 2.27. The van der Waals surface area contributed by atoms with Gasteiger partial charge in [0.25, 0.3) is 0 Å². The Kier molecular flexibility index (Phi) is 5.55. The van der Waals surface area contributed by atoms with Crippen LogP contribution in [0.15, 0.2) is 55.0 Å². The third kappa shape index (κ3) is 4.19. The zero-order chi connectivity index (χ0) is 21.9. The van der Waals surface area contributed by atoms with E-state index in [1.807, 2.05) is 12.1 Å². The molecule has 0 saturated carbocycles. The Labute approximate surface area is 186 Å². The molecule has 9 nitrogen and oxygen atoms in total. The molecule has 0 atom stereocenters. The molecule has 164 valence electrons. The van der Waals surface area contributed by atoms with Crippen LogP contribution in [0.25, 0.3) is 11.2 Å². The van der Waals surface area contributed by atoms with Crippen molar-refractivity contribution in [3.05, 3.63) is 55.0 Å². The van der Waals surface area contributed by atoms with Gasteiger partial charge >= 0.3 is 0 Å². The van der Waals surface area contributed by atoms with E-state index in [9.17, 15) is 0 Å². The van der Waals surface area contributed by atoms with Gasteiger partial charge in [0, 0.05) is 61.7 Å². The maximum absolute atomic E-state index is 4.77. The van der Waals surface area contributed by atoms with E-state index in [2.05, 4.69) is 73.5 Å². The molecule has 0 aliphatic carbocycles. The van der Waals surface area contributed by atoms with Gasteiger partial charge in [0.15, 0.2) is 5.65 Å². The third-order valence-electron chi connectivity index (χ3n) is 5.49. The Morgan fingerprint density at radius 2 is 1.62 bits per heavy atom. The molecular formula is C23H27N9. The van der Waals surface area contributed by atoms with Gasteiger partial charge in [-0.05, 0) is 50.2 Å². The molecule has 4 aromatic rings. The molecule has 1 aliphatic heterocycles. The summed E-state index contributed by atoms with van der Waals surface area (Å²) in [6.07, 6.45) is 5.26. The minimum Gasteiger partial charge on any atom is -0.369 e. The summed E-state index contributed by atoms with van der Waals surface area (Å²) in [6, 6.07) is 12.4. The lowest BCUT2D eigenvalue weighted by Gasteiger charge is -2.29. The molecule has 5 rings (SSSR count). The Hall–Kier alpha value is -3.72. The van der Waals surface area contributed by atoms with Crippen molar-refractivity contribution in [1.29, 1.82) is 0 Å². The van der Waals surface area contributed by atoms with Crippen LogP contribution in [0.4, 0.5) is 29.0 Å². The first-order valence-electron chi connectivity index (χ1n) is 10.9. The summed E-state index contributed by atoms with van der Waals surface area (Å²) in [4.78, 5) is 20.4. The lowest BCUT2D eigenvalue weighted by Crippen LogP contribution is -2.43. The molecule has 0 bridgehead atoms. The monoisotopic (exact) mass is 429 g/mol. The van der Waals surface area contributed by atoms with Gasteiger partial charge in [-0.15, -0.1) is 0 Å². The zero-order valence-corrected chi connectivity index (χ0v) is 18.3. The molecule has 0 unspecified atom stereocenters. The molecule has 9 heteroatoms. The first kappa shape index (κ1) is 20.2. The van der Waals surface area contributed by atoms with Crippen molar-refractivity contribution in [2.24, 2.45) is 0 Å². The number of nitrogens with zero attached hydrogens (tertiary/aromatic N) is 6. The summed E-state index contributed by atoms with van der Waals surface area (Å²) < 4.78 is 2.08. The van der Waals surface area contributed by atoms with Crippen LogP contribution in [0, 0.1) is 0 Å². The zero-order valence-electron chi connectivity index (χ0n) is 18.3. The predicted octanol–water partition coefficient (Wildman–Crippen LogP) is 3.70. The number of pyridine rings is 1. The van der Waals surface area contributed by atoms with Crippen LogP contribution in [0.5, 0.6) is 0 Å². The number of hydrogen-bond acceptors (Lipinski definition) is 8. The van der Waals surface area contributed by atoms with Gasteiger partial charge in [0.05, 0.1) is 6.20 Å². The van der Waals surface area contributed by atoms with Crippen LogP contribution < -0.4 is 20.9 Å². The highest BCUT2D eigenvalue weighted by molar-refractivity contribution is 5.77. The van der Waals surface area contributed by atoms with Crippen LogP contribution in [-0.2, 0) is 0 Å². The second-order valence-corrected chi connectivity index (χ2v) is 8.07. The summed E-state index contributed by atoms with van der Waals surface area (Å²) in [6.45, 7) is 8.33. The number of benzene rings is 1. The first-order valence-corrected chi connectivity index (χ1v) is 10.9. The number of piperazine rings is 1. The number of anilines is 5. The smallest absolute Gasteiger partial charge is 0.229 e. The van der Waals surface area contributed by atoms with Crippen molar-refractivity contribution >= 4 is 40.1 Å². The molecule has 3 N–H and O–H groups in total. The topological polar surface area (TPSA) is 95.8 Å². The third-order valence-corrected chi connectivity index (χ3v) is 5.49. The average Bonchev–Trinajstić information content (AvgIpc) is 3.18. The van der Waals surface area contributed by atoms with Gasteiger partial charge in [0.2, 0.25) is 11.9 Å². The van der Waals surface area contributed by atoms with E-state index < -0.39 is 0 Å². The molecule has 1 saturated heterocycles. The lowest BCUT2D eigenvalue weighted by atomic mass is 10.2. The van der Waals surface area contributed by atoms with Gasteiger partial charge in [-0.3, -0.25) is 9.55 Å². The number of rotatable bonds is 6. The highest BCUT2D eigenvalue weighted by Gasteiger charge is 2.16. The molecule has 0 spiro atoms. The van der Waals surface area contributed by atoms with Crippen LogP contribution in [0.1, 0.15) is 19.9 Å². The fourth-order valence-corrected chi connectivity index (χ4v) is 3.90. The second-order valence-electron chi connectivity index (χ2n) is 8.07. The van der Waals surface area contributed by atoms with Crippen molar-refractivity contribution in [2.45, 2.75) is 19.9 Å². The summed E-state index contributed by atoms with van der Waals surface area (Å²) in [5, 5.41) is 10.1. The number of imidazole rings is 1. The van der Waals surface area contributed by atoms with E-state index >= 15 is 0 Å². The van der Waals surface area contributed by atoms with E-state index in [1.165, 1.54) is 5.69 Å². The van der Waals surface area contributed by atoms with E-state index in [-0.39, 0.29) is 6.04 Å². The summed E-state index contributed by atoms with van der Waals surface area (Å²) in [5.74, 6) is 1.28. The Morgan fingerprint density at radius 1 is 0.906 bits per heavy atom. The highest BCUT2D eigenvalue weighted by atomic mass is 15.3. The van der Waals surface area contributed by atoms with Crippen LogP contribution in [0.3, 0.4) is 0 Å². The van der Waals surface area contributed by atoms with Crippen molar-refractivity contribution in [3.63, 3.8) is 0 Å². The summed E-state index contributed by atoms with van der Waals surface area (Å²) >= 11 is 0. The SMILES string of the molecule is CC(C)n1c(Nc2ccncc2)nc2cnc(Nc3ccc(N4CCNCC4)cc3)nc21. The molecular weight excluding hydrogens is 402 g/mol. The first-order chi connectivity index (χ1) is 15.7. The standard InChI is InChI=1S/C23H27N9/c1-16(2)32-21-20(29-23(32)28-18-7-9-24-10-8-18)15-26-22(30-21)27-17-3-5-19(6-4-17)31-13-11-25-12-14-31/h3-10,15-16,25H,11-14H2,1-2H3,(H,24,28,29)(H,26,27,30). The normalized spacial score (nSPS) is 14.2. The Balaban J connectivity index is 1.39. The molecule has 4 heterocycles. The predicted molar refractivity (Wildman–Crippen MR) is 128 cm³/mol. The van der Waals surface area contributed by atoms with Gasteiger partial charge in [0.1, 0.15) is 5.52 Å². The molecule has 32 heavy (non-hydrogen) atoms. The molecule has 1 aliphatic rings. The molecule has 0 amide bonds. The quantitative estimate of drug-likeness (QED) is 0.427. The maximum atomic E-state index is 4.77. The second kappa shape index (κ2) is 8.80. The van der Waals surface area contributed by atoms with Gasteiger partial charge < -0.3 is 20.9 Å². The molecule has 3 aromatic heterocycles. The minimum atomic E-state index is 0.172. The van der Waals surface area contributed by atoms with Crippen molar-refractivity contribution in [2.75, 3.05) is 41.7 Å². The van der Waals surface area contributed by atoms with Crippen molar-refractivity contribution < 1.29 is 0 Å². The number of hydrogen-bond donors (Lipinski definition) is 3. The van der Waals surface area contributed by atoms with E-state index in [0.717, 1.165) is 54.7 Å². The summed E-state index contributed by atoms with van der Waals surface area (Å²) in [5.41, 5.74) is 4.64. The Morgan fingerprint density at radius 3 is 2.34 bits per heavy atom. The molecule has 1 fully saturated rings. The largest absolute Gasteiger partial charge is 0.369 e. The fourth-order valence-electron chi connectivity index (χ4n) is 3.90. The van der Waals surface area contributed by atoms with Gasteiger partial charge in [-0.25, -0.2) is 9.97 Å². The van der Waals surface area contributed by atoms with Gasteiger partial charge in [-0.1, -0.05) is 0 Å². The fraction of sp³-hybridized carbons (Fsp3) is 0.304. The number of fused-ring (bicyclic) bond motifs is 1. The van der Waals surface area contributed by atoms with Gasteiger partial charge in [-0.2, -0.15) is 4.98 Å². The Bertz CT molecular complexity index is 1180. The van der Waals surface area contributed by atoms with E-state index in [1.54, 1.807) is 18.6 Å². The minimum absolute atomic E-state index is 0.172. The van der Waals surface area contributed by atoms with Crippen LogP contribution in [0.2, 0.25) is 0 Å². The summed E-state index contributed by atoms with van der Waals surface area (Å²) in [7, 11) is 0. The number of aromatic nitrogens is 5. The van der Waals surface area contributed by atoms with E-state index in [0.29, 0.717) is 5.95 Å². The van der Waals surface area contributed by atoms with Crippen LogP contribution in [-0.4, -0.2) is 50.7 Å². The molecule has 1 aromatic carbocycles. The van der Waals surface area contributed by atoms with Crippen molar-refractivity contribution in [3.8, 4) is 0 Å². The van der Waals surface area contributed by atoms with Crippen LogP contribution >= 0.6 is 0 Å². The maximum Gasteiger partial charge on any atom is 0.229 e. The molecule has 0 radical (unpaired) electrons. The van der Waals surface area contributed by atoms with E-state index in [4.69, 9.17) is 9.97 Å². The number of nitrogens with one attached hydrogen (secondary N) is 3.